The van der Waals surface area contributed by atoms with Gasteiger partial charge in [0.1, 0.15) is 6.42 Å². The number of rotatable bonds is 6. The number of carbonyl (C=O) groups is 1. The molecule has 1 aliphatic carbocycles. The van der Waals surface area contributed by atoms with Crippen molar-refractivity contribution in [2.24, 2.45) is 0 Å². The van der Waals surface area contributed by atoms with Crippen molar-refractivity contribution >= 4 is 21.9 Å². The van der Waals surface area contributed by atoms with Crippen molar-refractivity contribution in [2.45, 2.75) is 25.3 Å². The lowest BCUT2D eigenvalue weighted by atomic mass is 10.1. The zero-order valence-electron chi connectivity index (χ0n) is 18.7. The number of benzene rings is 1. The Balaban J connectivity index is 1.15. The summed E-state index contributed by atoms with van der Waals surface area (Å²) in [5, 5.41) is 11.3. The van der Waals surface area contributed by atoms with Gasteiger partial charge in [0.05, 0.1) is 11.8 Å². The van der Waals surface area contributed by atoms with Gasteiger partial charge in [0.15, 0.2) is 0 Å². The molecule has 1 fully saturated rings. The summed E-state index contributed by atoms with van der Waals surface area (Å²) in [4.78, 5) is 22.9. The zero-order chi connectivity index (χ0) is 23.7. The number of aromatic nitrogens is 4. The number of fused-ring (bicyclic) bond motifs is 1. The van der Waals surface area contributed by atoms with E-state index in [4.69, 9.17) is 4.42 Å². The fourth-order valence-corrected chi connectivity index (χ4v) is 5.14. The highest BCUT2D eigenvalue weighted by Gasteiger charge is 2.27. The van der Waals surface area contributed by atoms with Crippen molar-refractivity contribution in [1.29, 1.82) is 0 Å². The van der Waals surface area contributed by atoms with Crippen molar-refractivity contribution in [1.82, 2.24) is 29.4 Å². The Morgan fingerprint density at radius 1 is 1.06 bits per heavy atom. The largest absolute Gasteiger partial charge is 0.420 e. The van der Waals surface area contributed by atoms with Gasteiger partial charge in [0.2, 0.25) is 27.8 Å². The number of nitrogens with zero attached hydrogens (tertiary/aromatic N) is 6. The lowest BCUT2D eigenvalue weighted by Gasteiger charge is -2.33. The third-order valence-corrected chi connectivity index (χ3v) is 7.42. The molecule has 0 unspecified atom stereocenters. The van der Waals surface area contributed by atoms with E-state index < -0.39 is 10.0 Å². The van der Waals surface area contributed by atoms with Crippen LogP contribution in [0, 0.1) is 0 Å². The molecule has 0 atom stereocenters. The molecule has 11 nitrogen and oxygen atoms in total. The second kappa shape index (κ2) is 9.11. The molecule has 12 heteroatoms. The quantitative estimate of drug-likeness (QED) is 0.539. The number of carbonyl (C=O) groups excluding carboxylic acids is 1. The summed E-state index contributed by atoms with van der Waals surface area (Å²) in [6.07, 6.45) is 6.22. The summed E-state index contributed by atoms with van der Waals surface area (Å²) >= 11 is 0. The highest BCUT2D eigenvalue weighted by molar-refractivity contribution is 7.88. The van der Waals surface area contributed by atoms with Crippen LogP contribution in [0.5, 0.6) is 0 Å². The van der Waals surface area contributed by atoms with E-state index in [2.05, 4.69) is 49.7 Å². The van der Waals surface area contributed by atoms with Crippen molar-refractivity contribution in [3.63, 3.8) is 0 Å². The molecule has 0 saturated carbocycles. The van der Waals surface area contributed by atoms with E-state index >= 15 is 0 Å². The predicted octanol–water partition coefficient (Wildman–Crippen LogP) is 0.752. The Morgan fingerprint density at radius 3 is 2.32 bits per heavy atom. The van der Waals surface area contributed by atoms with Gasteiger partial charge in [-0.15, -0.1) is 10.2 Å². The fourth-order valence-electron chi connectivity index (χ4n) is 4.31. The van der Waals surface area contributed by atoms with Crippen molar-refractivity contribution in [2.75, 3.05) is 37.8 Å². The fraction of sp³-hybridized carbons (Fsp3) is 0.409. The molecule has 178 valence electrons. The summed E-state index contributed by atoms with van der Waals surface area (Å²) in [7, 11) is -3.25. The van der Waals surface area contributed by atoms with E-state index in [1.165, 1.54) is 21.7 Å². The first-order chi connectivity index (χ1) is 16.3. The Labute approximate surface area is 197 Å². The van der Waals surface area contributed by atoms with Crippen LogP contribution in [0.3, 0.4) is 0 Å². The van der Waals surface area contributed by atoms with Crippen molar-refractivity contribution in [3.05, 3.63) is 53.7 Å². The van der Waals surface area contributed by atoms with Crippen LogP contribution in [0.15, 0.2) is 41.1 Å². The van der Waals surface area contributed by atoms with Gasteiger partial charge in [0, 0.05) is 44.6 Å². The predicted molar refractivity (Wildman–Crippen MR) is 123 cm³/mol. The van der Waals surface area contributed by atoms with Crippen LogP contribution in [-0.2, 0) is 34.1 Å². The highest BCUT2D eigenvalue weighted by atomic mass is 32.2. The molecule has 1 N–H and O–H groups in total. The smallest absolute Gasteiger partial charge is 0.250 e. The van der Waals surface area contributed by atoms with E-state index in [0.717, 1.165) is 12.8 Å². The molecular formula is C22H25N7O4S. The molecule has 1 amide bonds. The SMILES string of the molecule is CS(=O)(=O)N1CCN(C(=O)Cc2nnc(-c3cnc(NC4Cc5ccccc5C4)nc3)o2)CC1. The van der Waals surface area contributed by atoms with E-state index in [1.807, 2.05) is 0 Å². The van der Waals surface area contributed by atoms with Gasteiger partial charge in [-0.1, -0.05) is 24.3 Å². The molecule has 3 aromatic rings. The first-order valence-electron chi connectivity index (χ1n) is 11.1. The number of hydrogen-bond donors (Lipinski definition) is 1. The number of piperazine rings is 1. The van der Waals surface area contributed by atoms with E-state index in [0.29, 0.717) is 24.6 Å². The second-order valence-corrected chi connectivity index (χ2v) is 10.5. The third-order valence-electron chi connectivity index (χ3n) is 6.11. The van der Waals surface area contributed by atoms with E-state index in [-0.39, 0.29) is 43.2 Å². The maximum Gasteiger partial charge on any atom is 0.250 e. The van der Waals surface area contributed by atoms with Gasteiger partial charge in [-0.3, -0.25) is 4.79 Å². The molecule has 0 bridgehead atoms. The molecular weight excluding hydrogens is 458 g/mol. The van der Waals surface area contributed by atoms with Crippen LogP contribution in [0.25, 0.3) is 11.5 Å². The highest BCUT2D eigenvalue weighted by Crippen LogP contribution is 2.24. The minimum atomic E-state index is -3.25. The van der Waals surface area contributed by atoms with Gasteiger partial charge in [-0.05, 0) is 24.0 Å². The van der Waals surface area contributed by atoms with Crippen LogP contribution in [0.1, 0.15) is 17.0 Å². The van der Waals surface area contributed by atoms with Gasteiger partial charge in [-0.2, -0.15) is 4.31 Å². The number of nitrogens with one attached hydrogen (secondary N) is 1. The summed E-state index contributed by atoms with van der Waals surface area (Å²) in [5.41, 5.74) is 3.26. The number of anilines is 1. The number of amides is 1. The van der Waals surface area contributed by atoms with Crippen LogP contribution >= 0.6 is 0 Å². The average Bonchev–Trinajstić information content (AvgIpc) is 3.45. The lowest BCUT2D eigenvalue weighted by molar-refractivity contribution is -0.132. The Bertz CT molecular complexity index is 1260. The van der Waals surface area contributed by atoms with Crippen molar-refractivity contribution < 1.29 is 17.6 Å². The van der Waals surface area contributed by atoms with E-state index in [9.17, 15) is 13.2 Å². The molecule has 0 radical (unpaired) electrons. The molecule has 3 heterocycles. The normalized spacial score (nSPS) is 17.0. The number of sulfonamides is 1. The van der Waals surface area contributed by atoms with Crippen LogP contribution < -0.4 is 5.32 Å². The lowest BCUT2D eigenvalue weighted by Crippen LogP contribution is -2.50. The molecule has 0 spiro atoms. The zero-order valence-corrected chi connectivity index (χ0v) is 19.5. The minimum absolute atomic E-state index is 0.0470. The first kappa shape index (κ1) is 22.4. The number of hydrogen-bond acceptors (Lipinski definition) is 9. The molecule has 34 heavy (non-hydrogen) atoms. The minimum Gasteiger partial charge on any atom is -0.420 e. The van der Waals surface area contributed by atoms with Crippen LogP contribution in [0.4, 0.5) is 5.95 Å². The molecule has 2 aromatic heterocycles. The second-order valence-electron chi connectivity index (χ2n) is 8.53. The molecule has 1 aliphatic heterocycles. The van der Waals surface area contributed by atoms with Crippen LogP contribution in [-0.4, -0.2) is 82.2 Å². The Kier molecular flexibility index (Phi) is 6.00. The summed E-state index contributed by atoms with van der Waals surface area (Å²) in [5.74, 6) is 0.780. The molecule has 1 saturated heterocycles. The maximum absolute atomic E-state index is 12.6. The van der Waals surface area contributed by atoms with Gasteiger partial charge in [0.25, 0.3) is 5.89 Å². The average molecular weight is 484 g/mol. The van der Waals surface area contributed by atoms with Crippen LogP contribution in [0.2, 0.25) is 0 Å². The standard InChI is InChI=1S/C22H25N7O4S/c1-34(31,32)29-8-6-28(7-9-29)20(30)12-19-26-27-21(33-19)17-13-23-22(24-14-17)25-18-10-15-4-2-3-5-16(15)11-18/h2-5,13-14,18H,6-12H2,1H3,(H,23,24,25). The van der Waals surface area contributed by atoms with E-state index in [1.54, 1.807) is 17.3 Å². The van der Waals surface area contributed by atoms with Gasteiger partial charge >= 0.3 is 0 Å². The Hall–Kier alpha value is -3.38. The molecule has 2 aliphatic rings. The summed E-state index contributed by atoms with van der Waals surface area (Å²) < 4.78 is 30.3. The molecule has 1 aromatic carbocycles. The van der Waals surface area contributed by atoms with Gasteiger partial charge < -0.3 is 14.6 Å². The topological polar surface area (TPSA) is 134 Å². The summed E-state index contributed by atoms with van der Waals surface area (Å²) in [6, 6.07) is 8.65. The summed E-state index contributed by atoms with van der Waals surface area (Å²) in [6.45, 7) is 1.23. The molecule has 5 rings (SSSR count). The third kappa shape index (κ3) is 4.92. The first-order valence-corrected chi connectivity index (χ1v) is 12.9. The maximum atomic E-state index is 12.6. The van der Waals surface area contributed by atoms with Gasteiger partial charge in [-0.25, -0.2) is 18.4 Å². The Morgan fingerprint density at radius 2 is 1.71 bits per heavy atom. The van der Waals surface area contributed by atoms with Crippen molar-refractivity contribution in [3.8, 4) is 11.5 Å². The monoisotopic (exact) mass is 483 g/mol.